The molecule has 1 rings (SSSR count). The number of nitrogens with one attached hydrogen (secondary N) is 2. The summed E-state index contributed by atoms with van der Waals surface area (Å²) < 4.78 is 0. The van der Waals surface area contributed by atoms with Crippen LogP contribution in [0.1, 0.15) is 12.5 Å². The number of hydrogen-bond acceptors (Lipinski definition) is 3. The summed E-state index contributed by atoms with van der Waals surface area (Å²) in [6.07, 6.45) is 0.588. The van der Waals surface area contributed by atoms with Gasteiger partial charge in [-0.2, -0.15) is 5.10 Å². The molecule has 0 aliphatic carbocycles. The van der Waals surface area contributed by atoms with E-state index in [-0.39, 0.29) is 0 Å². The fraction of sp³-hybridized carbons (Fsp3) is 0.429. The summed E-state index contributed by atoms with van der Waals surface area (Å²) in [5.74, 6) is 0.0863. The number of aliphatic hydroxyl groups is 1. The van der Waals surface area contributed by atoms with Gasteiger partial charge in [0.2, 0.25) is 0 Å². The summed E-state index contributed by atoms with van der Waals surface area (Å²) in [7, 11) is 0. The Morgan fingerprint density at radius 3 is 2.92 bits per heavy atom. The maximum atomic E-state index is 11.0. The molecule has 1 heterocycles. The molecule has 12 heavy (non-hydrogen) atoms. The number of anilines is 1. The van der Waals surface area contributed by atoms with Crippen LogP contribution in [0, 0.1) is 6.92 Å². The van der Waals surface area contributed by atoms with Crippen LogP contribution in [0.2, 0.25) is 0 Å². The zero-order valence-corrected chi connectivity index (χ0v) is 6.96. The van der Waals surface area contributed by atoms with Crippen molar-refractivity contribution < 1.29 is 9.90 Å². The Balaban J connectivity index is 2.64. The maximum absolute atomic E-state index is 11.0. The van der Waals surface area contributed by atoms with Gasteiger partial charge in [-0.1, -0.05) is 0 Å². The molecular formula is C7H11N3O2. The lowest BCUT2D eigenvalue weighted by atomic mass is 10.3. The van der Waals surface area contributed by atoms with Gasteiger partial charge in [-0.05, 0) is 13.8 Å². The van der Waals surface area contributed by atoms with Crippen molar-refractivity contribution in [3.63, 3.8) is 0 Å². The molecule has 0 unspecified atom stereocenters. The standard InChI is InChI=1S/C7H11N3O2/c1-4-3-8-10-6(4)9-7(12)5(2)11/h3,5,11H,1-2H3,(H2,8,9,10,12)/t5-/m1/s1. The number of aliphatic hydroxyl groups excluding tert-OH is 1. The molecule has 1 amide bonds. The van der Waals surface area contributed by atoms with Gasteiger partial charge in [-0.3, -0.25) is 9.89 Å². The van der Waals surface area contributed by atoms with Crippen molar-refractivity contribution in [1.29, 1.82) is 0 Å². The predicted octanol–water partition coefficient (Wildman–Crippen LogP) is 0.0374. The highest BCUT2D eigenvalue weighted by molar-refractivity contribution is 5.93. The Kier molecular flexibility index (Phi) is 2.44. The SMILES string of the molecule is Cc1cn[nH]c1NC(=O)[C@@H](C)O. The lowest BCUT2D eigenvalue weighted by Crippen LogP contribution is -2.24. The van der Waals surface area contributed by atoms with Gasteiger partial charge < -0.3 is 10.4 Å². The zero-order valence-electron chi connectivity index (χ0n) is 6.96. The number of rotatable bonds is 2. The Labute approximate surface area is 69.8 Å². The number of hydrogen-bond donors (Lipinski definition) is 3. The molecule has 0 aliphatic heterocycles. The predicted molar refractivity (Wildman–Crippen MR) is 43.6 cm³/mol. The Hall–Kier alpha value is -1.36. The van der Waals surface area contributed by atoms with E-state index in [1.807, 2.05) is 0 Å². The maximum Gasteiger partial charge on any atom is 0.254 e. The molecule has 1 aromatic heterocycles. The molecule has 66 valence electrons. The zero-order chi connectivity index (χ0) is 9.14. The molecule has 5 nitrogen and oxygen atoms in total. The second-order valence-corrected chi connectivity index (χ2v) is 2.59. The van der Waals surface area contributed by atoms with E-state index in [4.69, 9.17) is 5.11 Å². The van der Waals surface area contributed by atoms with E-state index in [9.17, 15) is 4.79 Å². The lowest BCUT2D eigenvalue weighted by Gasteiger charge is -2.04. The summed E-state index contributed by atoms with van der Waals surface area (Å²) in [6, 6.07) is 0. The largest absolute Gasteiger partial charge is 0.384 e. The van der Waals surface area contributed by atoms with Crippen LogP contribution in [0.5, 0.6) is 0 Å². The number of aromatic amines is 1. The summed E-state index contributed by atoms with van der Waals surface area (Å²) in [4.78, 5) is 11.0. The van der Waals surface area contributed by atoms with E-state index in [0.717, 1.165) is 5.56 Å². The minimum Gasteiger partial charge on any atom is -0.384 e. The van der Waals surface area contributed by atoms with Crippen LogP contribution < -0.4 is 5.32 Å². The van der Waals surface area contributed by atoms with Crippen molar-refractivity contribution in [2.24, 2.45) is 0 Å². The van der Waals surface area contributed by atoms with Crippen LogP contribution in [-0.2, 0) is 4.79 Å². The molecule has 1 aromatic rings. The minimum absolute atomic E-state index is 0.442. The van der Waals surface area contributed by atoms with Crippen LogP contribution in [0.15, 0.2) is 6.20 Å². The second kappa shape index (κ2) is 3.36. The third kappa shape index (κ3) is 1.82. The van der Waals surface area contributed by atoms with E-state index in [0.29, 0.717) is 5.82 Å². The molecule has 0 saturated heterocycles. The number of nitrogens with zero attached hydrogens (tertiary/aromatic N) is 1. The van der Waals surface area contributed by atoms with E-state index < -0.39 is 12.0 Å². The Morgan fingerprint density at radius 1 is 1.83 bits per heavy atom. The Bertz CT molecular complexity index is 280. The normalized spacial score (nSPS) is 12.6. The quantitative estimate of drug-likeness (QED) is 0.584. The highest BCUT2D eigenvalue weighted by Gasteiger charge is 2.10. The fourth-order valence-electron chi connectivity index (χ4n) is 0.701. The van der Waals surface area contributed by atoms with Gasteiger partial charge in [-0.15, -0.1) is 0 Å². The first-order valence-electron chi connectivity index (χ1n) is 3.60. The summed E-state index contributed by atoms with van der Waals surface area (Å²) in [5, 5.41) is 17.7. The number of H-pyrrole nitrogens is 1. The second-order valence-electron chi connectivity index (χ2n) is 2.59. The molecule has 0 fully saturated rings. The van der Waals surface area contributed by atoms with Crippen LogP contribution in [0.4, 0.5) is 5.82 Å². The van der Waals surface area contributed by atoms with E-state index >= 15 is 0 Å². The molecule has 5 heteroatoms. The number of aromatic nitrogens is 2. The van der Waals surface area contributed by atoms with Gasteiger partial charge in [-0.25, -0.2) is 0 Å². The average molecular weight is 169 g/mol. The third-order valence-electron chi connectivity index (χ3n) is 1.46. The van der Waals surface area contributed by atoms with Gasteiger partial charge >= 0.3 is 0 Å². The van der Waals surface area contributed by atoms with Crippen molar-refractivity contribution in [3.05, 3.63) is 11.8 Å². The molecule has 3 N–H and O–H groups in total. The van der Waals surface area contributed by atoms with Gasteiger partial charge in [0.15, 0.2) is 0 Å². The smallest absolute Gasteiger partial charge is 0.254 e. The molecule has 0 radical (unpaired) electrons. The Morgan fingerprint density at radius 2 is 2.50 bits per heavy atom. The van der Waals surface area contributed by atoms with Crippen LogP contribution in [-0.4, -0.2) is 27.3 Å². The molecule has 0 spiro atoms. The fourth-order valence-corrected chi connectivity index (χ4v) is 0.701. The average Bonchev–Trinajstić information content (AvgIpc) is 2.36. The lowest BCUT2D eigenvalue weighted by molar-refractivity contribution is -0.123. The first kappa shape index (κ1) is 8.73. The number of carbonyl (C=O) groups excluding carboxylic acids is 1. The summed E-state index contributed by atoms with van der Waals surface area (Å²) in [6.45, 7) is 3.21. The van der Waals surface area contributed by atoms with E-state index in [2.05, 4.69) is 15.5 Å². The molecule has 0 aliphatic rings. The highest BCUT2D eigenvalue weighted by Crippen LogP contribution is 2.08. The number of aryl methyl sites for hydroxylation is 1. The van der Waals surface area contributed by atoms with Gasteiger partial charge in [0.1, 0.15) is 11.9 Å². The summed E-state index contributed by atoms with van der Waals surface area (Å²) >= 11 is 0. The molecule has 0 saturated carbocycles. The molecular weight excluding hydrogens is 158 g/mol. The molecule has 0 aromatic carbocycles. The first-order valence-corrected chi connectivity index (χ1v) is 3.60. The number of carbonyl (C=O) groups is 1. The molecule has 0 bridgehead atoms. The monoisotopic (exact) mass is 169 g/mol. The minimum atomic E-state index is -1.01. The van der Waals surface area contributed by atoms with Crippen molar-refractivity contribution in [2.45, 2.75) is 20.0 Å². The number of amides is 1. The van der Waals surface area contributed by atoms with Crippen molar-refractivity contribution in [2.75, 3.05) is 5.32 Å². The van der Waals surface area contributed by atoms with Crippen molar-refractivity contribution in [3.8, 4) is 0 Å². The van der Waals surface area contributed by atoms with Crippen molar-refractivity contribution in [1.82, 2.24) is 10.2 Å². The highest BCUT2D eigenvalue weighted by atomic mass is 16.3. The van der Waals surface area contributed by atoms with Gasteiger partial charge in [0.05, 0.1) is 6.20 Å². The van der Waals surface area contributed by atoms with Crippen molar-refractivity contribution >= 4 is 11.7 Å². The van der Waals surface area contributed by atoms with Crippen LogP contribution in [0.3, 0.4) is 0 Å². The van der Waals surface area contributed by atoms with Crippen LogP contribution in [0.25, 0.3) is 0 Å². The third-order valence-corrected chi connectivity index (χ3v) is 1.46. The first-order chi connectivity index (χ1) is 5.61. The van der Waals surface area contributed by atoms with Crippen LogP contribution >= 0.6 is 0 Å². The molecule has 1 atom stereocenters. The summed E-state index contributed by atoms with van der Waals surface area (Å²) in [5.41, 5.74) is 0.837. The van der Waals surface area contributed by atoms with E-state index in [1.54, 1.807) is 13.1 Å². The van der Waals surface area contributed by atoms with E-state index in [1.165, 1.54) is 6.92 Å². The topological polar surface area (TPSA) is 78.0 Å². The van der Waals surface area contributed by atoms with Gasteiger partial charge in [0.25, 0.3) is 5.91 Å². The van der Waals surface area contributed by atoms with Gasteiger partial charge in [0, 0.05) is 5.56 Å².